The van der Waals surface area contributed by atoms with Gasteiger partial charge in [-0.3, -0.25) is 14.4 Å². The summed E-state index contributed by atoms with van der Waals surface area (Å²) in [6.45, 7) is 0.423. The van der Waals surface area contributed by atoms with Gasteiger partial charge in [-0.15, -0.1) is 0 Å². The molecule has 3 aromatic rings. The maximum absolute atomic E-state index is 13.0. The molecule has 1 fully saturated rings. The van der Waals surface area contributed by atoms with E-state index >= 15 is 0 Å². The number of H-pyrrole nitrogens is 1. The molecule has 4 N–H and O–H groups in total. The number of rotatable bonds is 5. The summed E-state index contributed by atoms with van der Waals surface area (Å²) < 4.78 is 0. The molecule has 1 aliphatic rings. The summed E-state index contributed by atoms with van der Waals surface area (Å²) >= 11 is 1.57. The Labute approximate surface area is 159 Å². The third kappa shape index (κ3) is 3.26. The van der Waals surface area contributed by atoms with Crippen LogP contribution in [-0.2, 0) is 6.54 Å². The number of hydrogen-bond donors (Lipinski definition) is 3. The minimum Gasteiger partial charge on any atom is -0.365 e. The summed E-state index contributed by atoms with van der Waals surface area (Å²) in [6.07, 6.45) is 3.19. The first kappa shape index (κ1) is 17.5. The third-order valence-corrected chi connectivity index (χ3v) is 5.86. The molecule has 0 spiro atoms. The molecule has 7 heteroatoms. The number of benzene rings is 1. The topological polar surface area (TPSA) is 105 Å². The fraction of sp³-hybridized carbons (Fsp3) is 0.250. The number of thiophene rings is 1. The van der Waals surface area contributed by atoms with Crippen LogP contribution in [0.5, 0.6) is 0 Å². The first-order valence-corrected chi connectivity index (χ1v) is 9.78. The number of aromatic amines is 1. The average Bonchev–Trinajstić information content (AvgIpc) is 3.10. The van der Waals surface area contributed by atoms with Crippen LogP contribution in [0.25, 0.3) is 10.9 Å². The highest BCUT2D eigenvalue weighted by atomic mass is 32.1. The highest BCUT2D eigenvalue weighted by molar-refractivity contribution is 7.07. The minimum atomic E-state index is -0.787. The minimum absolute atomic E-state index is 0.108. The van der Waals surface area contributed by atoms with Crippen molar-refractivity contribution in [2.24, 2.45) is 5.73 Å². The van der Waals surface area contributed by atoms with Gasteiger partial charge in [0.05, 0.1) is 11.1 Å². The smallest absolute Gasteiger partial charge is 0.261 e. The number of amides is 2. The number of aromatic nitrogens is 1. The summed E-state index contributed by atoms with van der Waals surface area (Å²) in [7, 11) is 0. The number of hydrogen-bond acceptors (Lipinski definition) is 4. The Balaban J connectivity index is 1.81. The summed E-state index contributed by atoms with van der Waals surface area (Å²) in [5.41, 5.74) is 7.51. The lowest BCUT2D eigenvalue weighted by Crippen LogP contribution is -2.28. The fourth-order valence-electron chi connectivity index (χ4n) is 3.44. The molecule has 0 unspecified atom stereocenters. The van der Waals surface area contributed by atoms with Crippen LogP contribution >= 0.6 is 11.3 Å². The zero-order valence-corrected chi connectivity index (χ0v) is 15.4. The predicted molar refractivity (Wildman–Crippen MR) is 105 cm³/mol. The fourth-order valence-corrected chi connectivity index (χ4v) is 4.11. The standard InChI is InChI=1S/C20H19N3O3S/c21-18(24)15-8-13-4-5-14(12-2-1-3-12)16(17(13)23-19(15)25)20(26)22-9-11-6-7-27-10-11/h4-8,10,12H,1-3,9H2,(H2,21,24)(H,22,26)(H,23,25). The molecule has 4 rings (SSSR count). The van der Waals surface area contributed by atoms with Crippen LogP contribution in [0.2, 0.25) is 0 Å². The van der Waals surface area contributed by atoms with Gasteiger partial charge in [0.25, 0.3) is 17.4 Å². The Hall–Kier alpha value is -2.93. The van der Waals surface area contributed by atoms with Gasteiger partial charge in [0.15, 0.2) is 0 Å². The van der Waals surface area contributed by atoms with Crippen LogP contribution in [0.15, 0.2) is 39.8 Å². The number of nitrogens with one attached hydrogen (secondary N) is 2. The van der Waals surface area contributed by atoms with E-state index in [1.807, 2.05) is 29.0 Å². The van der Waals surface area contributed by atoms with Gasteiger partial charge < -0.3 is 16.0 Å². The predicted octanol–water partition coefficient (Wildman–Crippen LogP) is 2.89. The van der Waals surface area contributed by atoms with E-state index in [0.29, 0.717) is 28.9 Å². The van der Waals surface area contributed by atoms with E-state index in [9.17, 15) is 14.4 Å². The average molecular weight is 381 g/mol. The van der Waals surface area contributed by atoms with Crippen molar-refractivity contribution < 1.29 is 9.59 Å². The van der Waals surface area contributed by atoms with Crippen molar-refractivity contribution in [3.8, 4) is 0 Å². The molecule has 2 heterocycles. The molecule has 27 heavy (non-hydrogen) atoms. The Morgan fingerprint density at radius 3 is 2.70 bits per heavy atom. The normalized spacial score (nSPS) is 14.1. The van der Waals surface area contributed by atoms with Gasteiger partial charge in [-0.2, -0.15) is 11.3 Å². The van der Waals surface area contributed by atoms with Gasteiger partial charge in [-0.25, -0.2) is 0 Å². The number of fused-ring (bicyclic) bond motifs is 1. The van der Waals surface area contributed by atoms with Crippen molar-refractivity contribution in [1.82, 2.24) is 10.3 Å². The van der Waals surface area contributed by atoms with E-state index in [1.54, 1.807) is 11.3 Å². The molecule has 1 aliphatic carbocycles. The Kier molecular flexibility index (Phi) is 4.53. The van der Waals surface area contributed by atoms with Crippen molar-refractivity contribution in [1.29, 1.82) is 0 Å². The molecule has 6 nitrogen and oxygen atoms in total. The largest absolute Gasteiger partial charge is 0.365 e. The van der Waals surface area contributed by atoms with Crippen LogP contribution in [-0.4, -0.2) is 16.8 Å². The van der Waals surface area contributed by atoms with Crippen molar-refractivity contribution >= 4 is 34.1 Å². The van der Waals surface area contributed by atoms with Crippen LogP contribution < -0.4 is 16.6 Å². The quantitative estimate of drug-likeness (QED) is 0.633. The zero-order valence-electron chi connectivity index (χ0n) is 14.6. The van der Waals surface area contributed by atoms with Gasteiger partial charge in [-0.05, 0) is 58.2 Å². The number of carbonyl (C=O) groups excluding carboxylic acids is 2. The SMILES string of the molecule is NC(=O)c1cc2ccc(C3CCC3)c(C(=O)NCc3ccsc3)c2[nH]c1=O. The van der Waals surface area contributed by atoms with Gasteiger partial charge >= 0.3 is 0 Å². The number of carbonyl (C=O) groups is 2. The lowest BCUT2D eigenvalue weighted by molar-refractivity contribution is 0.0949. The highest BCUT2D eigenvalue weighted by Crippen LogP contribution is 2.39. The molecule has 138 valence electrons. The Morgan fingerprint density at radius 1 is 1.26 bits per heavy atom. The maximum Gasteiger partial charge on any atom is 0.261 e. The number of primary amides is 1. The van der Waals surface area contributed by atoms with Crippen molar-refractivity contribution in [2.45, 2.75) is 31.7 Å². The second-order valence-electron chi connectivity index (χ2n) is 6.81. The second-order valence-corrected chi connectivity index (χ2v) is 7.59. The lowest BCUT2D eigenvalue weighted by atomic mass is 9.77. The number of pyridine rings is 1. The summed E-state index contributed by atoms with van der Waals surface area (Å²) in [4.78, 5) is 39.5. The van der Waals surface area contributed by atoms with E-state index < -0.39 is 11.5 Å². The molecule has 2 amide bonds. The monoisotopic (exact) mass is 381 g/mol. The molecule has 0 bridgehead atoms. The Morgan fingerprint density at radius 2 is 2.07 bits per heavy atom. The first-order chi connectivity index (χ1) is 13.0. The molecule has 1 saturated carbocycles. The molecule has 0 aliphatic heterocycles. The molecule has 0 saturated heterocycles. The van der Waals surface area contributed by atoms with Crippen LogP contribution in [0, 0.1) is 0 Å². The summed E-state index contributed by atoms with van der Waals surface area (Å²) in [5.74, 6) is -0.698. The summed E-state index contributed by atoms with van der Waals surface area (Å²) in [5, 5.41) is 7.51. The molecular weight excluding hydrogens is 362 g/mol. The van der Waals surface area contributed by atoms with Crippen LogP contribution in [0.4, 0.5) is 0 Å². The van der Waals surface area contributed by atoms with E-state index in [-0.39, 0.29) is 11.5 Å². The third-order valence-electron chi connectivity index (χ3n) is 5.12. The van der Waals surface area contributed by atoms with Gasteiger partial charge in [0.2, 0.25) is 0 Å². The Bertz CT molecular complexity index is 1080. The molecule has 0 atom stereocenters. The zero-order chi connectivity index (χ0) is 19.0. The van der Waals surface area contributed by atoms with Gasteiger partial charge in [-0.1, -0.05) is 18.6 Å². The van der Waals surface area contributed by atoms with Gasteiger partial charge in [0, 0.05) is 6.54 Å². The van der Waals surface area contributed by atoms with Crippen molar-refractivity contribution in [3.05, 3.63) is 67.6 Å². The lowest BCUT2D eigenvalue weighted by Gasteiger charge is -2.28. The second kappa shape index (κ2) is 7.00. The van der Waals surface area contributed by atoms with E-state index in [2.05, 4.69) is 10.3 Å². The van der Waals surface area contributed by atoms with Crippen LogP contribution in [0.3, 0.4) is 0 Å². The van der Waals surface area contributed by atoms with Gasteiger partial charge in [0.1, 0.15) is 5.56 Å². The molecule has 2 aromatic heterocycles. The van der Waals surface area contributed by atoms with E-state index in [1.165, 1.54) is 6.07 Å². The van der Waals surface area contributed by atoms with Crippen molar-refractivity contribution in [3.63, 3.8) is 0 Å². The molecule has 0 radical (unpaired) electrons. The molecular formula is C20H19N3O3S. The van der Waals surface area contributed by atoms with Crippen LogP contribution in [0.1, 0.15) is 57.0 Å². The highest BCUT2D eigenvalue weighted by Gasteiger charge is 2.27. The van der Waals surface area contributed by atoms with E-state index in [4.69, 9.17) is 5.73 Å². The summed E-state index contributed by atoms with van der Waals surface area (Å²) in [6, 6.07) is 7.17. The maximum atomic E-state index is 13.0. The molecule has 1 aromatic carbocycles. The van der Waals surface area contributed by atoms with E-state index in [0.717, 1.165) is 30.4 Å². The number of nitrogens with two attached hydrogens (primary N) is 1. The van der Waals surface area contributed by atoms with Crippen molar-refractivity contribution in [2.75, 3.05) is 0 Å². The first-order valence-electron chi connectivity index (χ1n) is 8.83.